The van der Waals surface area contributed by atoms with E-state index in [-0.39, 0.29) is 0 Å². The summed E-state index contributed by atoms with van der Waals surface area (Å²) >= 11 is 0. The van der Waals surface area contributed by atoms with E-state index in [1.807, 2.05) is 18.8 Å². The lowest BCUT2D eigenvalue weighted by molar-refractivity contribution is 0.409. The molecule has 4 nitrogen and oxygen atoms in total. The first-order chi connectivity index (χ1) is 7.82. The summed E-state index contributed by atoms with van der Waals surface area (Å²) < 4.78 is 1.87. The van der Waals surface area contributed by atoms with Gasteiger partial charge < -0.3 is 5.32 Å². The highest BCUT2D eigenvalue weighted by molar-refractivity contribution is 5.17. The first-order valence-corrected chi connectivity index (χ1v) is 6.32. The molecule has 2 rings (SSSR count). The molecule has 1 aromatic heterocycles. The summed E-state index contributed by atoms with van der Waals surface area (Å²) in [5, 5.41) is 7.59. The summed E-state index contributed by atoms with van der Waals surface area (Å²) in [6, 6.07) is 0.475. The normalized spacial score (nSPS) is 23.6. The molecule has 4 heteroatoms. The number of hydrogen-bond acceptors (Lipinski definition) is 3. The van der Waals surface area contributed by atoms with E-state index in [1.165, 1.54) is 0 Å². The second kappa shape index (κ2) is 3.80. The van der Waals surface area contributed by atoms with Gasteiger partial charge in [-0.25, -0.2) is 4.98 Å². The third-order valence-electron chi connectivity index (χ3n) is 5.11. The van der Waals surface area contributed by atoms with Gasteiger partial charge in [0.25, 0.3) is 0 Å². The van der Waals surface area contributed by atoms with Crippen molar-refractivity contribution < 1.29 is 0 Å². The fraction of sp³-hybridized carbons (Fsp3) is 0.846. The van der Waals surface area contributed by atoms with E-state index in [2.05, 4.69) is 43.1 Å². The van der Waals surface area contributed by atoms with Crippen molar-refractivity contribution in [1.29, 1.82) is 0 Å². The van der Waals surface area contributed by atoms with Crippen LogP contribution >= 0.6 is 0 Å². The van der Waals surface area contributed by atoms with Gasteiger partial charge in [-0.2, -0.15) is 5.10 Å². The molecule has 0 amide bonds. The number of aromatic nitrogens is 3. The molecular weight excluding hydrogens is 212 g/mol. The van der Waals surface area contributed by atoms with E-state index >= 15 is 0 Å². The molecule has 1 aromatic rings. The fourth-order valence-electron chi connectivity index (χ4n) is 3.34. The average Bonchev–Trinajstić information content (AvgIpc) is 2.56. The minimum atomic E-state index is 0.402. The highest BCUT2D eigenvalue weighted by Gasteiger charge is 2.66. The third kappa shape index (κ3) is 1.79. The molecule has 1 unspecified atom stereocenters. The van der Waals surface area contributed by atoms with Crippen molar-refractivity contribution in [2.24, 2.45) is 23.8 Å². The Kier molecular flexibility index (Phi) is 2.81. The van der Waals surface area contributed by atoms with Gasteiger partial charge >= 0.3 is 0 Å². The van der Waals surface area contributed by atoms with E-state index in [4.69, 9.17) is 0 Å². The molecule has 1 aliphatic carbocycles. The standard InChI is InChI=1S/C13H24N4/c1-12(2)11(13(12,3)4)9(14-5)7-10-15-8-16-17(10)6/h8-9,11,14H,7H2,1-6H3. The van der Waals surface area contributed by atoms with Crippen LogP contribution in [0.2, 0.25) is 0 Å². The summed E-state index contributed by atoms with van der Waals surface area (Å²) in [6.45, 7) is 9.44. The van der Waals surface area contributed by atoms with Crippen molar-refractivity contribution in [3.8, 4) is 0 Å². The lowest BCUT2D eigenvalue weighted by atomic mass is 10.0. The molecular formula is C13H24N4. The van der Waals surface area contributed by atoms with Crippen LogP contribution in [0, 0.1) is 16.7 Å². The van der Waals surface area contributed by atoms with E-state index < -0.39 is 0 Å². The van der Waals surface area contributed by atoms with Crippen molar-refractivity contribution >= 4 is 0 Å². The van der Waals surface area contributed by atoms with Crippen LogP contribution in [0.1, 0.15) is 33.5 Å². The minimum Gasteiger partial charge on any atom is -0.316 e. The quantitative estimate of drug-likeness (QED) is 0.864. The first kappa shape index (κ1) is 12.6. The van der Waals surface area contributed by atoms with Crippen LogP contribution in [0.15, 0.2) is 6.33 Å². The predicted molar refractivity (Wildman–Crippen MR) is 68.6 cm³/mol. The highest BCUT2D eigenvalue weighted by Crippen LogP contribution is 2.69. The zero-order valence-corrected chi connectivity index (χ0v) is 11.8. The summed E-state index contributed by atoms with van der Waals surface area (Å²) in [4.78, 5) is 4.32. The molecule has 0 spiro atoms. The van der Waals surface area contributed by atoms with Crippen molar-refractivity contribution in [2.75, 3.05) is 7.05 Å². The van der Waals surface area contributed by atoms with E-state index in [1.54, 1.807) is 6.33 Å². The SMILES string of the molecule is CNC(Cc1ncnn1C)C1C(C)(C)C1(C)C. The third-order valence-corrected chi connectivity index (χ3v) is 5.11. The van der Waals surface area contributed by atoms with Gasteiger partial charge in [0.15, 0.2) is 0 Å². The zero-order chi connectivity index (χ0) is 12.8. The van der Waals surface area contributed by atoms with Crippen LogP contribution in [0.25, 0.3) is 0 Å². The van der Waals surface area contributed by atoms with E-state index in [0.29, 0.717) is 22.8 Å². The Bertz CT molecular complexity index is 391. The summed E-state index contributed by atoms with van der Waals surface area (Å²) in [6.07, 6.45) is 2.58. The molecule has 1 heterocycles. The van der Waals surface area contributed by atoms with Crippen LogP contribution in [-0.2, 0) is 13.5 Å². The van der Waals surface area contributed by atoms with Gasteiger partial charge in [0.1, 0.15) is 12.2 Å². The predicted octanol–water partition coefficient (Wildman–Crippen LogP) is 1.63. The molecule has 96 valence electrons. The van der Waals surface area contributed by atoms with Gasteiger partial charge in [-0.15, -0.1) is 0 Å². The molecule has 1 atom stereocenters. The van der Waals surface area contributed by atoms with Crippen molar-refractivity contribution in [3.05, 3.63) is 12.2 Å². The molecule has 0 aliphatic heterocycles. The molecule has 0 radical (unpaired) electrons. The second-order valence-electron chi connectivity index (χ2n) is 6.32. The molecule has 1 aliphatic rings. The highest BCUT2D eigenvalue weighted by atomic mass is 15.3. The number of hydrogen-bond donors (Lipinski definition) is 1. The molecule has 1 saturated carbocycles. The lowest BCUT2D eigenvalue weighted by Crippen LogP contribution is -2.33. The van der Waals surface area contributed by atoms with Crippen LogP contribution in [0.4, 0.5) is 0 Å². The first-order valence-electron chi connectivity index (χ1n) is 6.32. The fourth-order valence-corrected chi connectivity index (χ4v) is 3.34. The zero-order valence-electron chi connectivity index (χ0n) is 11.8. The van der Waals surface area contributed by atoms with Crippen molar-refractivity contribution in [1.82, 2.24) is 20.1 Å². The summed E-state index contributed by atoms with van der Waals surface area (Å²) in [7, 11) is 4.00. The van der Waals surface area contributed by atoms with Gasteiger partial charge in [-0.1, -0.05) is 27.7 Å². The Labute approximate surface area is 104 Å². The minimum absolute atomic E-state index is 0.402. The summed E-state index contributed by atoms with van der Waals surface area (Å²) in [5.41, 5.74) is 0.804. The van der Waals surface area contributed by atoms with Crippen molar-refractivity contribution in [3.63, 3.8) is 0 Å². The Morgan fingerprint density at radius 3 is 2.29 bits per heavy atom. The Morgan fingerprint density at radius 2 is 1.94 bits per heavy atom. The molecule has 0 bridgehead atoms. The van der Waals surface area contributed by atoms with Gasteiger partial charge in [0.2, 0.25) is 0 Å². The number of rotatable bonds is 4. The summed E-state index contributed by atoms with van der Waals surface area (Å²) in [5.74, 6) is 1.75. The van der Waals surface area contributed by atoms with Gasteiger partial charge in [0, 0.05) is 19.5 Å². The van der Waals surface area contributed by atoms with Crippen molar-refractivity contribution in [2.45, 2.75) is 40.2 Å². The second-order valence-corrected chi connectivity index (χ2v) is 6.32. The average molecular weight is 236 g/mol. The molecule has 17 heavy (non-hydrogen) atoms. The maximum atomic E-state index is 4.32. The monoisotopic (exact) mass is 236 g/mol. The molecule has 0 saturated heterocycles. The topological polar surface area (TPSA) is 42.7 Å². The maximum Gasteiger partial charge on any atom is 0.138 e. The van der Waals surface area contributed by atoms with Gasteiger partial charge in [0.05, 0.1) is 0 Å². The largest absolute Gasteiger partial charge is 0.316 e. The Balaban J connectivity index is 2.12. The molecule has 1 N–H and O–H groups in total. The van der Waals surface area contributed by atoms with Crippen LogP contribution in [-0.4, -0.2) is 27.9 Å². The number of likely N-dealkylation sites (N-methyl/N-ethyl adjacent to an activating group) is 1. The Morgan fingerprint density at radius 1 is 1.35 bits per heavy atom. The van der Waals surface area contributed by atoms with E-state index in [9.17, 15) is 0 Å². The van der Waals surface area contributed by atoms with Gasteiger partial charge in [-0.3, -0.25) is 4.68 Å². The number of nitrogens with zero attached hydrogens (tertiary/aromatic N) is 3. The van der Waals surface area contributed by atoms with Crippen LogP contribution in [0.5, 0.6) is 0 Å². The lowest BCUT2D eigenvalue weighted by Gasteiger charge is -2.17. The molecule has 1 fully saturated rings. The number of aryl methyl sites for hydroxylation is 1. The number of nitrogens with one attached hydrogen (secondary N) is 1. The maximum absolute atomic E-state index is 4.32. The smallest absolute Gasteiger partial charge is 0.138 e. The van der Waals surface area contributed by atoms with Crippen LogP contribution in [0.3, 0.4) is 0 Å². The Hall–Kier alpha value is -0.900. The van der Waals surface area contributed by atoms with Crippen LogP contribution < -0.4 is 5.32 Å². The molecule has 0 aromatic carbocycles. The van der Waals surface area contributed by atoms with Gasteiger partial charge in [-0.05, 0) is 23.8 Å². The van der Waals surface area contributed by atoms with E-state index in [0.717, 1.165) is 12.2 Å².